The first kappa shape index (κ1) is 21.3. The number of amides is 1. The Balaban J connectivity index is 1.31. The van der Waals surface area contributed by atoms with E-state index in [0.717, 1.165) is 29.2 Å². The fourth-order valence-electron chi connectivity index (χ4n) is 3.99. The van der Waals surface area contributed by atoms with Gasteiger partial charge in [0.05, 0.1) is 18.6 Å². The van der Waals surface area contributed by atoms with Crippen LogP contribution >= 0.6 is 11.3 Å². The SMILES string of the molecule is COc1ccccc1-c1nc(C(=O)N2CCCC(c3nc(-c4cccc(F)c4)no3)C2)cs1. The van der Waals surface area contributed by atoms with Gasteiger partial charge in [-0.15, -0.1) is 11.3 Å². The first-order valence-electron chi connectivity index (χ1n) is 10.6. The minimum Gasteiger partial charge on any atom is -0.496 e. The van der Waals surface area contributed by atoms with E-state index in [1.54, 1.807) is 29.5 Å². The molecule has 7 nitrogen and oxygen atoms in total. The van der Waals surface area contributed by atoms with Crippen molar-refractivity contribution >= 4 is 17.2 Å². The summed E-state index contributed by atoms with van der Waals surface area (Å²) in [6.45, 7) is 1.10. The predicted molar refractivity (Wildman–Crippen MR) is 122 cm³/mol. The van der Waals surface area contributed by atoms with Gasteiger partial charge in [0.15, 0.2) is 0 Å². The summed E-state index contributed by atoms with van der Waals surface area (Å²) in [7, 11) is 1.61. The predicted octanol–water partition coefficient (Wildman–Crippen LogP) is 5.03. The molecule has 4 aromatic rings. The second kappa shape index (κ2) is 9.11. The number of halogens is 1. The van der Waals surface area contributed by atoms with E-state index in [-0.39, 0.29) is 17.6 Å². The van der Waals surface area contributed by atoms with Crippen molar-refractivity contribution in [3.05, 3.63) is 71.3 Å². The van der Waals surface area contributed by atoms with Gasteiger partial charge in [0.2, 0.25) is 11.7 Å². The van der Waals surface area contributed by atoms with Gasteiger partial charge in [-0.1, -0.05) is 29.4 Å². The van der Waals surface area contributed by atoms with E-state index >= 15 is 0 Å². The first-order valence-corrected chi connectivity index (χ1v) is 11.5. The zero-order valence-electron chi connectivity index (χ0n) is 17.9. The minimum atomic E-state index is -0.357. The maximum absolute atomic E-state index is 13.5. The number of carbonyl (C=O) groups excluding carboxylic acids is 1. The van der Waals surface area contributed by atoms with E-state index in [1.807, 2.05) is 24.3 Å². The number of nitrogens with zero attached hydrogens (tertiary/aromatic N) is 4. The number of rotatable bonds is 5. The molecule has 0 spiro atoms. The molecule has 33 heavy (non-hydrogen) atoms. The second-order valence-corrected chi connectivity index (χ2v) is 8.65. The molecule has 2 aromatic carbocycles. The molecule has 0 radical (unpaired) electrons. The molecule has 2 aromatic heterocycles. The molecule has 0 bridgehead atoms. The Labute approximate surface area is 193 Å². The molecule has 0 aliphatic carbocycles. The third kappa shape index (κ3) is 4.36. The van der Waals surface area contributed by atoms with Crippen LogP contribution in [0.3, 0.4) is 0 Å². The summed E-state index contributed by atoms with van der Waals surface area (Å²) in [5, 5.41) is 6.52. The molecular formula is C24H21FN4O3S. The largest absolute Gasteiger partial charge is 0.496 e. The van der Waals surface area contributed by atoms with Crippen LogP contribution < -0.4 is 4.74 Å². The summed E-state index contributed by atoms with van der Waals surface area (Å²) in [4.78, 5) is 24.0. The number of hydrogen-bond acceptors (Lipinski definition) is 7. The summed E-state index contributed by atoms with van der Waals surface area (Å²) in [6.07, 6.45) is 1.65. The number of thiazole rings is 1. The van der Waals surface area contributed by atoms with Crippen LogP contribution in [0.15, 0.2) is 58.4 Å². The summed E-state index contributed by atoms with van der Waals surface area (Å²) >= 11 is 1.41. The number of aromatic nitrogens is 3. The van der Waals surface area contributed by atoms with Crippen molar-refractivity contribution in [2.75, 3.05) is 20.2 Å². The van der Waals surface area contributed by atoms with Gasteiger partial charge in [-0.3, -0.25) is 4.79 Å². The minimum absolute atomic E-state index is 0.0789. The molecule has 9 heteroatoms. The van der Waals surface area contributed by atoms with Gasteiger partial charge < -0.3 is 14.2 Å². The Kier molecular flexibility index (Phi) is 5.87. The molecule has 1 unspecified atom stereocenters. The zero-order valence-corrected chi connectivity index (χ0v) is 18.7. The fraction of sp³-hybridized carbons (Fsp3) is 0.250. The van der Waals surface area contributed by atoms with Crippen molar-refractivity contribution in [2.45, 2.75) is 18.8 Å². The van der Waals surface area contributed by atoms with Gasteiger partial charge in [-0.05, 0) is 37.1 Å². The van der Waals surface area contributed by atoms with E-state index in [1.165, 1.54) is 23.5 Å². The summed E-state index contributed by atoms with van der Waals surface area (Å²) in [6, 6.07) is 13.7. The van der Waals surface area contributed by atoms with Crippen LogP contribution in [0, 0.1) is 5.82 Å². The molecule has 1 saturated heterocycles. The molecule has 0 N–H and O–H groups in total. The van der Waals surface area contributed by atoms with E-state index in [0.29, 0.717) is 36.1 Å². The van der Waals surface area contributed by atoms with Gasteiger partial charge in [0.25, 0.3) is 5.91 Å². The Morgan fingerprint density at radius 1 is 1.21 bits per heavy atom. The van der Waals surface area contributed by atoms with Crippen molar-refractivity contribution in [3.63, 3.8) is 0 Å². The van der Waals surface area contributed by atoms with Crippen molar-refractivity contribution in [1.82, 2.24) is 20.0 Å². The number of piperidine rings is 1. The topological polar surface area (TPSA) is 81.4 Å². The quantitative estimate of drug-likeness (QED) is 0.412. The van der Waals surface area contributed by atoms with Crippen LogP contribution in [0.2, 0.25) is 0 Å². The van der Waals surface area contributed by atoms with E-state index in [2.05, 4.69) is 15.1 Å². The summed E-state index contributed by atoms with van der Waals surface area (Å²) < 4.78 is 24.4. The molecule has 3 heterocycles. The molecular weight excluding hydrogens is 443 g/mol. The van der Waals surface area contributed by atoms with E-state index in [4.69, 9.17) is 9.26 Å². The number of methoxy groups -OCH3 is 1. The molecule has 1 aliphatic heterocycles. The highest BCUT2D eigenvalue weighted by Gasteiger charge is 2.30. The highest BCUT2D eigenvalue weighted by atomic mass is 32.1. The molecule has 1 amide bonds. The third-order valence-corrected chi connectivity index (χ3v) is 6.52. The van der Waals surface area contributed by atoms with Crippen LogP contribution in [-0.4, -0.2) is 46.1 Å². The lowest BCUT2D eigenvalue weighted by molar-refractivity contribution is 0.0690. The maximum Gasteiger partial charge on any atom is 0.273 e. The Hall–Kier alpha value is -3.59. The lowest BCUT2D eigenvalue weighted by Gasteiger charge is -2.30. The summed E-state index contributed by atoms with van der Waals surface area (Å²) in [5.41, 5.74) is 1.82. The monoisotopic (exact) mass is 464 g/mol. The third-order valence-electron chi connectivity index (χ3n) is 5.64. The average Bonchev–Trinajstić information content (AvgIpc) is 3.54. The number of benzene rings is 2. The van der Waals surface area contributed by atoms with Gasteiger partial charge in [0.1, 0.15) is 22.3 Å². The molecule has 1 atom stereocenters. The van der Waals surface area contributed by atoms with Crippen LogP contribution in [0.5, 0.6) is 5.75 Å². The normalized spacial score (nSPS) is 16.1. The number of likely N-dealkylation sites (tertiary alicyclic amines) is 1. The average molecular weight is 465 g/mol. The number of carbonyl (C=O) groups is 1. The molecule has 1 aliphatic rings. The van der Waals surface area contributed by atoms with Crippen LogP contribution in [-0.2, 0) is 0 Å². The highest BCUT2D eigenvalue weighted by Crippen LogP contribution is 2.33. The van der Waals surface area contributed by atoms with E-state index < -0.39 is 0 Å². The van der Waals surface area contributed by atoms with Crippen LogP contribution in [0.1, 0.15) is 35.1 Å². The van der Waals surface area contributed by atoms with Gasteiger partial charge in [-0.25, -0.2) is 9.37 Å². The molecule has 168 valence electrons. The fourth-order valence-corrected chi connectivity index (χ4v) is 4.81. The van der Waals surface area contributed by atoms with Crippen molar-refractivity contribution < 1.29 is 18.4 Å². The number of hydrogen-bond donors (Lipinski definition) is 0. The molecule has 0 saturated carbocycles. The lowest BCUT2D eigenvalue weighted by Crippen LogP contribution is -2.39. The van der Waals surface area contributed by atoms with Gasteiger partial charge >= 0.3 is 0 Å². The van der Waals surface area contributed by atoms with Gasteiger partial charge in [0, 0.05) is 24.0 Å². The van der Waals surface area contributed by atoms with Crippen molar-refractivity contribution in [3.8, 4) is 27.7 Å². The Bertz CT molecular complexity index is 1290. The zero-order chi connectivity index (χ0) is 22.8. The number of para-hydroxylation sites is 1. The lowest BCUT2D eigenvalue weighted by atomic mass is 9.97. The first-order chi connectivity index (χ1) is 16.1. The second-order valence-electron chi connectivity index (χ2n) is 7.80. The highest BCUT2D eigenvalue weighted by molar-refractivity contribution is 7.13. The molecule has 5 rings (SSSR count). The summed E-state index contributed by atoms with van der Waals surface area (Å²) in [5.74, 6) is 0.957. The van der Waals surface area contributed by atoms with Crippen LogP contribution in [0.4, 0.5) is 4.39 Å². The van der Waals surface area contributed by atoms with Crippen molar-refractivity contribution in [2.24, 2.45) is 0 Å². The Morgan fingerprint density at radius 2 is 2.09 bits per heavy atom. The van der Waals surface area contributed by atoms with Crippen molar-refractivity contribution in [1.29, 1.82) is 0 Å². The maximum atomic E-state index is 13.5. The van der Waals surface area contributed by atoms with Gasteiger partial charge in [-0.2, -0.15) is 4.98 Å². The van der Waals surface area contributed by atoms with E-state index in [9.17, 15) is 9.18 Å². The number of ether oxygens (including phenoxy) is 1. The standard InChI is InChI=1S/C24H21FN4O3S/c1-31-20-10-3-2-9-18(20)23-26-19(14-33-23)24(30)29-11-5-7-16(13-29)22-27-21(28-32-22)15-6-4-8-17(25)12-15/h2-4,6,8-10,12,14,16H,5,7,11,13H2,1H3. The van der Waals surface area contributed by atoms with Crippen LogP contribution in [0.25, 0.3) is 22.0 Å². The molecule has 1 fully saturated rings. The smallest absolute Gasteiger partial charge is 0.273 e. The Morgan fingerprint density at radius 3 is 2.94 bits per heavy atom.